The molecule has 0 spiro atoms. The summed E-state index contributed by atoms with van der Waals surface area (Å²) in [7, 11) is 0. The molecule has 4 aromatic rings. The number of hydrogen-bond acceptors (Lipinski definition) is 11. The highest BCUT2D eigenvalue weighted by Crippen LogP contribution is 2.35. The van der Waals surface area contributed by atoms with Gasteiger partial charge in [0.1, 0.15) is 11.4 Å². The van der Waals surface area contributed by atoms with Crippen LogP contribution in [0.4, 0.5) is 0 Å². The summed E-state index contributed by atoms with van der Waals surface area (Å²) in [4.78, 5) is 77.1. The number of fused-ring (bicyclic) bond motifs is 3. The summed E-state index contributed by atoms with van der Waals surface area (Å²) in [5, 5.41) is 9.39. The minimum absolute atomic E-state index is 0.0314. The molecule has 0 aliphatic carbocycles. The van der Waals surface area contributed by atoms with Crippen molar-refractivity contribution >= 4 is 62.5 Å². The summed E-state index contributed by atoms with van der Waals surface area (Å²) < 4.78 is 7.59. The van der Waals surface area contributed by atoms with E-state index in [1.165, 1.54) is 13.8 Å². The first-order chi connectivity index (χ1) is 27.9. The fourth-order valence-electron chi connectivity index (χ4n) is 7.38. The van der Waals surface area contributed by atoms with Gasteiger partial charge in [-0.05, 0) is 100 Å². The molecule has 1 saturated heterocycles. The lowest BCUT2D eigenvalue weighted by Crippen LogP contribution is -2.54. The summed E-state index contributed by atoms with van der Waals surface area (Å²) in [6, 6.07) is 18.2. The van der Waals surface area contributed by atoms with E-state index in [2.05, 4.69) is 29.1 Å². The van der Waals surface area contributed by atoms with E-state index in [1.54, 1.807) is 24.3 Å². The maximum absolute atomic E-state index is 14.2. The first kappa shape index (κ1) is 43.8. The average Bonchev–Trinajstić information content (AvgIpc) is 3.55. The molecule has 0 amide bonds. The molecule has 3 aromatic carbocycles. The molecule has 0 N–H and O–H groups in total. The molecule has 2 heterocycles. The van der Waals surface area contributed by atoms with Gasteiger partial charge in [-0.2, -0.15) is 0 Å². The van der Waals surface area contributed by atoms with E-state index in [0.717, 1.165) is 78.9 Å². The minimum atomic E-state index is -0.785. The topological polar surface area (TPSA) is 146 Å². The quantitative estimate of drug-likeness (QED) is 0.0281. The molecule has 5 rings (SSSR count). The summed E-state index contributed by atoms with van der Waals surface area (Å²) in [6.45, 7) is 13.0. The largest absolute Gasteiger partial charge is 0.379 e. The lowest BCUT2D eigenvalue weighted by Gasteiger charge is -2.39. The molecule has 12 nitrogen and oxygen atoms in total. The smallest absolute Gasteiger partial charge is 0.331 e. The lowest BCUT2D eigenvalue weighted by molar-refractivity contribution is -0.141. The number of hydrogen-bond donors (Lipinski definition) is 0. The van der Waals surface area contributed by atoms with Gasteiger partial charge >= 0.3 is 11.9 Å². The van der Waals surface area contributed by atoms with Crippen molar-refractivity contribution in [3.8, 4) is 5.69 Å². The van der Waals surface area contributed by atoms with Crippen molar-refractivity contribution in [1.82, 2.24) is 9.47 Å². The van der Waals surface area contributed by atoms with Crippen LogP contribution in [0.5, 0.6) is 0 Å². The Morgan fingerprint density at radius 1 is 0.638 bits per heavy atom. The Labute approximate surface area is 340 Å². The Bertz CT molecular complexity index is 2190. The summed E-state index contributed by atoms with van der Waals surface area (Å²) in [6.07, 6.45) is 8.17. The number of ether oxygens (including phenoxy) is 1. The molecule has 58 heavy (non-hydrogen) atoms. The minimum Gasteiger partial charge on any atom is -0.379 e. The molecule has 1 aromatic heterocycles. The number of aromatic nitrogens is 1. The van der Waals surface area contributed by atoms with Crippen molar-refractivity contribution in [1.29, 1.82) is 0 Å². The molecule has 1 fully saturated rings. The Kier molecular flexibility index (Phi) is 15.4. The molecule has 308 valence electrons. The molecule has 1 aliphatic rings. The zero-order chi connectivity index (χ0) is 41.8. The highest BCUT2D eigenvalue weighted by atomic mass is 16.7. The van der Waals surface area contributed by atoms with Crippen molar-refractivity contribution in [2.75, 3.05) is 26.3 Å². The summed E-state index contributed by atoms with van der Waals surface area (Å²) in [5.74, 6) is -1.90. The molecular formula is C46H56N4O8. The van der Waals surface area contributed by atoms with Crippen LogP contribution in [0.15, 0.2) is 71.0 Å². The number of rotatable bonds is 20. The number of benzene rings is 3. The predicted octanol–water partition coefficient (Wildman–Crippen LogP) is 9.22. The molecule has 0 atom stereocenters. The van der Waals surface area contributed by atoms with Gasteiger partial charge in [-0.3, -0.25) is 19.3 Å². The fourth-order valence-corrected chi connectivity index (χ4v) is 7.38. The third-order valence-electron chi connectivity index (χ3n) is 10.7. The molecule has 1 aliphatic heterocycles. The van der Waals surface area contributed by atoms with Crippen molar-refractivity contribution in [2.45, 2.75) is 111 Å². The fraction of sp³-hybridized carbons (Fsp3) is 0.457. The van der Waals surface area contributed by atoms with Gasteiger partial charge < -0.3 is 19.0 Å². The van der Waals surface area contributed by atoms with Crippen molar-refractivity contribution in [3.63, 3.8) is 0 Å². The van der Waals surface area contributed by atoms with Gasteiger partial charge in [-0.1, -0.05) is 62.7 Å². The third-order valence-corrected chi connectivity index (χ3v) is 10.7. The SMILES string of the molecule is CCCCCC/C(=N\OC(C)=O)C(=O)c1ccc(-n2c3ccc(C(=O)/C(CCCCCC)=N/OC(C)=O)cc3c3cc(C(=O)C(C)(C)N4CCOCC4)ccc32)cc1. The van der Waals surface area contributed by atoms with Crippen molar-refractivity contribution in [2.24, 2.45) is 10.3 Å². The van der Waals surface area contributed by atoms with Gasteiger partial charge in [0.25, 0.3) is 0 Å². The number of carbonyl (C=O) groups excluding carboxylic acids is 5. The van der Waals surface area contributed by atoms with Gasteiger partial charge in [0.05, 0.1) is 29.8 Å². The zero-order valence-electron chi connectivity index (χ0n) is 34.7. The number of ketones is 3. The zero-order valence-corrected chi connectivity index (χ0v) is 34.7. The van der Waals surface area contributed by atoms with Gasteiger partial charge in [0.15, 0.2) is 5.78 Å². The number of nitrogens with zero attached hydrogens (tertiary/aromatic N) is 4. The number of oxime groups is 2. The highest BCUT2D eigenvalue weighted by molar-refractivity contribution is 6.46. The summed E-state index contributed by atoms with van der Waals surface area (Å²) in [5.41, 5.74) is 3.19. The number of unbranched alkanes of at least 4 members (excludes halogenated alkanes) is 6. The second-order valence-electron chi connectivity index (χ2n) is 15.4. The van der Waals surface area contributed by atoms with Gasteiger partial charge in [0, 0.05) is 60.1 Å². The number of morpholine rings is 1. The lowest BCUT2D eigenvalue weighted by atomic mass is 9.90. The van der Waals surface area contributed by atoms with Crippen LogP contribution in [-0.4, -0.2) is 82.0 Å². The van der Waals surface area contributed by atoms with E-state index in [4.69, 9.17) is 14.4 Å². The first-order valence-electron chi connectivity index (χ1n) is 20.5. The van der Waals surface area contributed by atoms with Crippen LogP contribution in [-0.2, 0) is 24.0 Å². The van der Waals surface area contributed by atoms with Gasteiger partial charge in [0.2, 0.25) is 11.6 Å². The second kappa shape index (κ2) is 20.4. The Morgan fingerprint density at radius 3 is 1.60 bits per heavy atom. The standard InChI is InChI=1S/C46H56N4O8/c1-7-9-11-13-15-39(47-57-31(3)51)43(53)33-17-21-36(22-18-33)50-41-23-19-34(44(54)40(48-58-32(4)52)16-14-12-10-8-2)29-37(41)38-30-35(20-24-42(38)50)45(55)46(5,6)49-25-27-56-28-26-49/h17-24,29-30H,7-16,25-28H2,1-6H3/b47-39+,48-40+. The van der Waals surface area contributed by atoms with Crippen LogP contribution >= 0.6 is 0 Å². The predicted molar refractivity (Wildman–Crippen MR) is 226 cm³/mol. The van der Waals surface area contributed by atoms with Crippen molar-refractivity contribution < 1.29 is 38.4 Å². The highest BCUT2D eigenvalue weighted by Gasteiger charge is 2.36. The Balaban J connectivity index is 1.59. The van der Waals surface area contributed by atoms with Crippen LogP contribution in [0.2, 0.25) is 0 Å². The third kappa shape index (κ3) is 10.6. The number of Topliss-reactive ketones (excluding diaryl/α,β-unsaturated/α-hetero) is 3. The van der Waals surface area contributed by atoms with E-state index in [0.29, 0.717) is 55.8 Å². The van der Waals surface area contributed by atoms with Crippen LogP contribution in [0.3, 0.4) is 0 Å². The van der Waals surface area contributed by atoms with Crippen LogP contribution in [0, 0.1) is 0 Å². The molecule has 0 radical (unpaired) electrons. The maximum Gasteiger partial charge on any atom is 0.331 e. The average molecular weight is 793 g/mol. The van der Waals surface area contributed by atoms with Gasteiger partial charge in [-0.25, -0.2) is 9.59 Å². The monoisotopic (exact) mass is 792 g/mol. The molecular weight excluding hydrogens is 737 g/mol. The molecule has 12 heteroatoms. The van der Waals surface area contributed by atoms with E-state index < -0.39 is 17.5 Å². The van der Waals surface area contributed by atoms with E-state index in [9.17, 15) is 24.0 Å². The van der Waals surface area contributed by atoms with Gasteiger partial charge in [-0.15, -0.1) is 0 Å². The normalized spacial score (nSPS) is 14.2. The van der Waals surface area contributed by atoms with E-state index in [1.807, 2.05) is 54.8 Å². The molecule has 0 saturated carbocycles. The van der Waals surface area contributed by atoms with E-state index >= 15 is 0 Å². The van der Waals surface area contributed by atoms with Crippen LogP contribution < -0.4 is 0 Å². The van der Waals surface area contributed by atoms with E-state index in [-0.39, 0.29) is 28.8 Å². The molecule has 0 bridgehead atoms. The Morgan fingerprint density at radius 2 is 1.10 bits per heavy atom. The summed E-state index contributed by atoms with van der Waals surface area (Å²) >= 11 is 0. The maximum atomic E-state index is 14.2. The van der Waals surface area contributed by atoms with Crippen LogP contribution in [0.1, 0.15) is 137 Å². The second-order valence-corrected chi connectivity index (χ2v) is 15.4. The van der Waals surface area contributed by atoms with Crippen LogP contribution in [0.25, 0.3) is 27.5 Å². The number of carbonyl (C=O) groups is 5. The Hall–Kier alpha value is -5.33. The first-order valence-corrected chi connectivity index (χ1v) is 20.5. The van der Waals surface area contributed by atoms with Crippen molar-refractivity contribution in [3.05, 3.63) is 77.4 Å². The molecule has 0 unspecified atom stereocenters.